The fourth-order valence-corrected chi connectivity index (χ4v) is 6.91. The first-order valence-corrected chi connectivity index (χ1v) is 13.7. The molecule has 0 aliphatic carbocycles. The van der Waals surface area contributed by atoms with Gasteiger partial charge in [0.2, 0.25) is 0 Å². The number of nitrogens with zero attached hydrogens (tertiary/aromatic N) is 1. The summed E-state index contributed by atoms with van der Waals surface area (Å²) in [5.41, 5.74) is 6.32. The smallest absolute Gasteiger partial charge is 0.159 e. The summed E-state index contributed by atoms with van der Waals surface area (Å²) in [7, 11) is 0. The van der Waals surface area contributed by atoms with E-state index in [0.717, 1.165) is 39.0 Å². The lowest BCUT2D eigenvalue weighted by Gasteiger charge is -2.27. The van der Waals surface area contributed by atoms with E-state index in [4.69, 9.17) is 4.42 Å². The number of hydrogen-bond donors (Lipinski definition) is 0. The summed E-state index contributed by atoms with van der Waals surface area (Å²) in [6.45, 7) is 2.17. The predicted octanol–water partition coefficient (Wildman–Crippen LogP) is 10.9. The second-order valence-corrected chi connectivity index (χ2v) is 10.9. The predicted molar refractivity (Wildman–Crippen MR) is 164 cm³/mol. The standard InChI is InChI=1S/C35H23NOS/c1-22-9-2-6-14-29(22)36(30-15-8-13-27-26-12-5-7-16-31(26)37-35(27)30)24-18-20-32-28(21-24)34-25-11-4-3-10-23(25)17-19-33(34)38-32/h2-21H,1H3. The van der Waals surface area contributed by atoms with E-state index in [-0.39, 0.29) is 0 Å². The fraction of sp³-hybridized carbons (Fsp3) is 0.0286. The van der Waals surface area contributed by atoms with Gasteiger partial charge in [0.05, 0.1) is 5.69 Å². The molecular formula is C35H23NOS. The van der Waals surface area contributed by atoms with Gasteiger partial charge in [-0.25, -0.2) is 0 Å². The molecular weight excluding hydrogens is 482 g/mol. The first-order valence-electron chi connectivity index (χ1n) is 12.9. The third-order valence-electron chi connectivity index (χ3n) is 7.58. The van der Waals surface area contributed by atoms with Crippen molar-refractivity contribution in [1.82, 2.24) is 0 Å². The van der Waals surface area contributed by atoms with Crippen LogP contribution in [0.15, 0.2) is 126 Å². The molecule has 0 bridgehead atoms. The van der Waals surface area contributed by atoms with Gasteiger partial charge in [-0.05, 0) is 65.7 Å². The maximum absolute atomic E-state index is 6.51. The molecule has 0 aliphatic heterocycles. The first kappa shape index (κ1) is 21.5. The van der Waals surface area contributed by atoms with Crippen LogP contribution in [0.25, 0.3) is 52.9 Å². The molecule has 8 aromatic rings. The van der Waals surface area contributed by atoms with Crippen molar-refractivity contribution < 1.29 is 4.42 Å². The maximum atomic E-state index is 6.51. The lowest BCUT2D eigenvalue weighted by Crippen LogP contribution is -2.11. The molecule has 0 saturated carbocycles. The van der Waals surface area contributed by atoms with Gasteiger partial charge in [0.15, 0.2) is 5.58 Å². The van der Waals surface area contributed by atoms with E-state index < -0.39 is 0 Å². The molecule has 0 unspecified atom stereocenters. The molecule has 2 nitrogen and oxygen atoms in total. The van der Waals surface area contributed by atoms with Gasteiger partial charge in [-0.1, -0.05) is 78.9 Å². The monoisotopic (exact) mass is 505 g/mol. The number of furan rings is 1. The zero-order chi connectivity index (χ0) is 25.2. The van der Waals surface area contributed by atoms with Crippen molar-refractivity contribution in [2.24, 2.45) is 0 Å². The Kier molecular flexibility index (Phi) is 4.64. The molecule has 0 spiro atoms. The van der Waals surface area contributed by atoms with Crippen LogP contribution in [-0.2, 0) is 0 Å². The van der Waals surface area contributed by atoms with Crippen LogP contribution < -0.4 is 4.90 Å². The molecule has 6 aromatic carbocycles. The minimum atomic E-state index is 0.901. The Bertz CT molecular complexity index is 2170. The van der Waals surface area contributed by atoms with Crippen LogP contribution >= 0.6 is 11.3 Å². The molecule has 0 aliphatic rings. The maximum Gasteiger partial charge on any atom is 0.159 e. The van der Waals surface area contributed by atoms with Crippen LogP contribution in [0.5, 0.6) is 0 Å². The highest BCUT2D eigenvalue weighted by molar-refractivity contribution is 7.26. The van der Waals surface area contributed by atoms with E-state index in [1.807, 2.05) is 23.5 Å². The highest BCUT2D eigenvalue weighted by Gasteiger charge is 2.21. The average Bonchev–Trinajstić information content (AvgIpc) is 3.53. The van der Waals surface area contributed by atoms with Gasteiger partial charge < -0.3 is 9.32 Å². The Morgan fingerprint density at radius 2 is 1.32 bits per heavy atom. The lowest BCUT2D eigenvalue weighted by atomic mass is 10.0. The number of fused-ring (bicyclic) bond motifs is 8. The van der Waals surface area contributed by atoms with Crippen molar-refractivity contribution in [1.29, 1.82) is 0 Å². The van der Waals surface area contributed by atoms with Crippen molar-refractivity contribution in [3.63, 3.8) is 0 Å². The zero-order valence-corrected chi connectivity index (χ0v) is 21.6. The largest absolute Gasteiger partial charge is 0.454 e. The molecule has 2 aromatic heterocycles. The topological polar surface area (TPSA) is 16.4 Å². The van der Waals surface area contributed by atoms with Gasteiger partial charge in [-0.3, -0.25) is 0 Å². The normalized spacial score (nSPS) is 11.8. The molecule has 0 atom stereocenters. The lowest BCUT2D eigenvalue weighted by molar-refractivity contribution is 0.669. The third-order valence-corrected chi connectivity index (χ3v) is 8.72. The molecule has 0 fully saturated rings. The Morgan fingerprint density at radius 3 is 2.24 bits per heavy atom. The molecule has 0 amide bonds. The van der Waals surface area contributed by atoms with E-state index in [0.29, 0.717) is 0 Å². The van der Waals surface area contributed by atoms with Gasteiger partial charge in [0.1, 0.15) is 5.58 Å². The summed E-state index contributed by atoms with van der Waals surface area (Å²) in [5, 5.41) is 7.46. The average molecular weight is 506 g/mol. The van der Waals surface area contributed by atoms with Gasteiger partial charge in [-0.15, -0.1) is 11.3 Å². The number of hydrogen-bond acceptors (Lipinski definition) is 3. The third kappa shape index (κ3) is 3.12. The van der Waals surface area contributed by atoms with Crippen molar-refractivity contribution in [3.8, 4) is 0 Å². The van der Waals surface area contributed by atoms with Gasteiger partial charge in [0.25, 0.3) is 0 Å². The SMILES string of the molecule is Cc1ccccc1N(c1ccc2sc3ccc4ccccc4c3c2c1)c1cccc2c1oc1ccccc12. The van der Waals surface area contributed by atoms with E-state index in [1.165, 1.54) is 36.5 Å². The molecule has 3 heteroatoms. The van der Waals surface area contributed by atoms with E-state index >= 15 is 0 Å². The number of anilines is 3. The Hall–Kier alpha value is -4.60. The molecule has 38 heavy (non-hydrogen) atoms. The van der Waals surface area contributed by atoms with Crippen LogP contribution in [-0.4, -0.2) is 0 Å². The summed E-state index contributed by atoms with van der Waals surface area (Å²) in [5.74, 6) is 0. The fourth-order valence-electron chi connectivity index (χ4n) is 5.80. The number of para-hydroxylation sites is 3. The van der Waals surface area contributed by atoms with Crippen molar-refractivity contribution in [3.05, 3.63) is 127 Å². The highest BCUT2D eigenvalue weighted by atomic mass is 32.1. The minimum absolute atomic E-state index is 0.901. The summed E-state index contributed by atoms with van der Waals surface area (Å²) in [6, 6.07) is 43.4. The Labute approximate surface area is 224 Å². The van der Waals surface area contributed by atoms with Crippen LogP contribution in [0.1, 0.15) is 5.56 Å². The molecule has 0 saturated heterocycles. The van der Waals surface area contributed by atoms with Crippen LogP contribution in [0, 0.1) is 6.92 Å². The molecule has 0 N–H and O–H groups in total. The molecule has 2 heterocycles. The zero-order valence-electron chi connectivity index (χ0n) is 20.8. The van der Waals surface area contributed by atoms with Crippen molar-refractivity contribution in [2.45, 2.75) is 6.92 Å². The van der Waals surface area contributed by atoms with Gasteiger partial charge in [-0.2, -0.15) is 0 Å². The first-order chi connectivity index (χ1) is 18.8. The highest BCUT2D eigenvalue weighted by Crippen LogP contribution is 2.46. The van der Waals surface area contributed by atoms with Crippen LogP contribution in [0.4, 0.5) is 17.1 Å². The minimum Gasteiger partial charge on any atom is -0.454 e. The van der Waals surface area contributed by atoms with Crippen LogP contribution in [0.2, 0.25) is 0 Å². The second kappa shape index (κ2) is 8.20. The summed E-state index contributed by atoms with van der Waals surface area (Å²) in [6.07, 6.45) is 0. The molecule has 180 valence electrons. The summed E-state index contributed by atoms with van der Waals surface area (Å²) < 4.78 is 9.12. The quantitative estimate of drug-likeness (QED) is 0.237. The summed E-state index contributed by atoms with van der Waals surface area (Å²) >= 11 is 1.86. The number of benzene rings is 6. The van der Waals surface area contributed by atoms with Crippen molar-refractivity contribution in [2.75, 3.05) is 4.90 Å². The number of aryl methyl sites for hydroxylation is 1. The summed E-state index contributed by atoms with van der Waals surface area (Å²) in [4.78, 5) is 2.36. The van der Waals surface area contributed by atoms with Gasteiger partial charge in [0, 0.05) is 42.3 Å². The van der Waals surface area contributed by atoms with E-state index in [1.54, 1.807) is 0 Å². The number of rotatable bonds is 3. The van der Waals surface area contributed by atoms with E-state index in [2.05, 4.69) is 121 Å². The Morgan fingerprint density at radius 1 is 0.579 bits per heavy atom. The van der Waals surface area contributed by atoms with E-state index in [9.17, 15) is 0 Å². The number of thiophene rings is 1. The second-order valence-electron chi connectivity index (χ2n) is 9.82. The Balaban J connectivity index is 1.45. The van der Waals surface area contributed by atoms with Gasteiger partial charge >= 0.3 is 0 Å². The van der Waals surface area contributed by atoms with Crippen LogP contribution in [0.3, 0.4) is 0 Å². The van der Waals surface area contributed by atoms with Crippen molar-refractivity contribution >= 4 is 81.3 Å². The molecule has 8 rings (SSSR count). The molecule has 0 radical (unpaired) electrons.